The van der Waals surface area contributed by atoms with E-state index in [1.807, 2.05) is 24.3 Å². The molecule has 1 aromatic heterocycles. The zero-order chi connectivity index (χ0) is 16.6. The standard InChI is InChI=1S/C16H13ClN2O4/c17-11-6-12(14(20)18-7-11)15(21)19-8-10-4-2-1-3-9(10)5-13(19)16(22)23/h1-4,6-7,13H,5,8H2,(H,18,20)(H,22,23). The Hall–Kier alpha value is -2.60. The van der Waals surface area contributed by atoms with Gasteiger partial charge in [0.2, 0.25) is 0 Å². The quantitative estimate of drug-likeness (QED) is 0.875. The first kappa shape index (κ1) is 15.3. The molecule has 0 radical (unpaired) electrons. The summed E-state index contributed by atoms with van der Waals surface area (Å²) in [4.78, 5) is 39.7. The molecule has 0 saturated heterocycles. The van der Waals surface area contributed by atoms with Crippen molar-refractivity contribution in [2.24, 2.45) is 0 Å². The van der Waals surface area contributed by atoms with Crippen LogP contribution in [-0.4, -0.2) is 32.9 Å². The second-order valence-corrected chi connectivity index (χ2v) is 5.76. The molecule has 1 aliphatic rings. The van der Waals surface area contributed by atoms with Crippen LogP contribution >= 0.6 is 11.6 Å². The number of carbonyl (C=O) groups is 2. The van der Waals surface area contributed by atoms with Gasteiger partial charge in [-0.3, -0.25) is 9.59 Å². The molecule has 6 nitrogen and oxygen atoms in total. The van der Waals surface area contributed by atoms with Gasteiger partial charge in [0, 0.05) is 19.2 Å². The number of fused-ring (bicyclic) bond motifs is 1. The summed E-state index contributed by atoms with van der Waals surface area (Å²) in [6.07, 6.45) is 1.48. The summed E-state index contributed by atoms with van der Waals surface area (Å²) < 4.78 is 0. The van der Waals surface area contributed by atoms with Crippen LogP contribution in [0.4, 0.5) is 0 Å². The van der Waals surface area contributed by atoms with Crippen LogP contribution in [0.15, 0.2) is 41.3 Å². The van der Waals surface area contributed by atoms with Gasteiger partial charge in [0.05, 0.1) is 5.02 Å². The minimum absolute atomic E-state index is 0.137. The molecule has 2 N–H and O–H groups in total. The third-order valence-corrected chi connectivity index (χ3v) is 4.11. The van der Waals surface area contributed by atoms with Gasteiger partial charge in [-0.05, 0) is 17.2 Å². The highest BCUT2D eigenvalue weighted by Gasteiger charge is 2.35. The monoisotopic (exact) mass is 332 g/mol. The van der Waals surface area contributed by atoms with E-state index < -0.39 is 23.5 Å². The Morgan fingerprint density at radius 3 is 2.65 bits per heavy atom. The largest absolute Gasteiger partial charge is 0.480 e. The van der Waals surface area contributed by atoms with E-state index in [-0.39, 0.29) is 23.6 Å². The number of amides is 1. The number of aromatic nitrogens is 1. The summed E-state index contributed by atoms with van der Waals surface area (Å²) in [5.41, 5.74) is 1.01. The number of aliphatic carboxylic acids is 1. The molecule has 118 valence electrons. The van der Waals surface area contributed by atoms with Gasteiger partial charge in [-0.2, -0.15) is 0 Å². The van der Waals surface area contributed by atoms with Crippen LogP contribution < -0.4 is 5.56 Å². The van der Waals surface area contributed by atoms with E-state index in [0.717, 1.165) is 11.1 Å². The molecular weight excluding hydrogens is 320 g/mol. The molecule has 7 heteroatoms. The van der Waals surface area contributed by atoms with Crippen LogP contribution in [0, 0.1) is 0 Å². The molecule has 1 aliphatic heterocycles. The molecule has 0 fully saturated rings. The van der Waals surface area contributed by atoms with Gasteiger partial charge < -0.3 is 15.0 Å². The van der Waals surface area contributed by atoms with Crippen molar-refractivity contribution in [3.8, 4) is 0 Å². The number of hydrogen-bond donors (Lipinski definition) is 2. The zero-order valence-electron chi connectivity index (χ0n) is 12.0. The average molecular weight is 333 g/mol. The third-order valence-electron chi connectivity index (χ3n) is 3.89. The van der Waals surface area contributed by atoms with Crippen molar-refractivity contribution in [1.82, 2.24) is 9.88 Å². The number of nitrogens with one attached hydrogen (secondary N) is 1. The number of pyridine rings is 1. The van der Waals surface area contributed by atoms with E-state index in [0.29, 0.717) is 0 Å². The van der Waals surface area contributed by atoms with Gasteiger partial charge in [0.1, 0.15) is 11.6 Å². The van der Waals surface area contributed by atoms with Crippen LogP contribution in [0.5, 0.6) is 0 Å². The van der Waals surface area contributed by atoms with Gasteiger partial charge >= 0.3 is 5.97 Å². The lowest BCUT2D eigenvalue weighted by molar-refractivity contribution is -0.142. The third kappa shape index (κ3) is 2.85. The number of rotatable bonds is 2. The maximum atomic E-state index is 12.7. The molecule has 0 spiro atoms. The Morgan fingerprint density at radius 2 is 1.96 bits per heavy atom. The number of H-pyrrole nitrogens is 1. The van der Waals surface area contributed by atoms with E-state index in [2.05, 4.69) is 4.98 Å². The van der Waals surface area contributed by atoms with E-state index in [9.17, 15) is 19.5 Å². The lowest BCUT2D eigenvalue weighted by atomic mass is 9.93. The lowest BCUT2D eigenvalue weighted by Gasteiger charge is -2.34. The van der Waals surface area contributed by atoms with Crippen LogP contribution in [0.2, 0.25) is 5.02 Å². The summed E-state index contributed by atoms with van der Waals surface area (Å²) >= 11 is 5.82. The van der Waals surface area contributed by atoms with Crippen molar-refractivity contribution in [2.45, 2.75) is 19.0 Å². The predicted octanol–water partition coefficient (Wildman–Crippen LogP) is 1.68. The number of carboxylic acids is 1. The Kier molecular flexibility index (Phi) is 3.92. The maximum Gasteiger partial charge on any atom is 0.326 e. The molecule has 0 aliphatic carbocycles. The molecule has 1 aromatic carbocycles. The molecule has 3 rings (SSSR count). The second-order valence-electron chi connectivity index (χ2n) is 5.32. The van der Waals surface area contributed by atoms with Crippen LogP contribution in [0.25, 0.3) is 0 Å². The van der Waals surface area contributed by atoms with E-state index in [4.69, 9.17) is 11.6 Å². The van der Waals surface area contributed by atoms with Crippen molar-refractivity contribution < 1.29 is 14.7 Å². The summed E-state index contributed by atoms with van der Waals surface area (Å²) in [6.45, 7) is 0.137. The van der Waals surface area contributed by atoms with Crippen molar-refractivity contribution >= 4 is 23.5 Å². The van der Waals surface area contributed by atoms with Gasteiger partial charge in [-0.25, -0.2) is 4.79 Å². The molecule has 1 atom stereocenters. The molecule has 1 unspecified atom stereocenters. The molecule has 23 heavy (non-hydrogen) atoms. The highest BCUT2D eigenvalue weighted by molar-refractivity contribution is 6.30. The summed E-state index contributed by atoms with van der Waals surface area (Å²) in [7, 11) is 0. The fourth-order valence-corrected chi connectivity index (χ4v) is 2.89. The number of aromatic amines is 1. The molecule has 0 bridgehead atoms. The van der Waals surface area contributed by atoms with Gasteiger partial charge in [-0.15, -0.1) is 0 Å². The predicted molar refractivity (Wildman–Crippen MR) is 83.5 cm³/mol. The SMILES string of the molecule is O=C(O)C1Cc2ccccc2CN1C(=O)c1cc(Cl)c[nH]c1=O. The first-order valence-corrected chi connectivity index (χ1v) is 7.34. The minimum Gasteiger partial charge on any atom is -0.480 e. The van der Waals surface area contributed by atoms with E-state index in [1.54, 1.807) is 0 Å². The van der Waals surface area contributed by atoms with Gasteiger partial charge in [-0.1, -0.05) is 35.9 Å². The molecule has 2 heterocycles. The molecule has 2 aromatic rings. The van der Waals surface area contributed by atoms with Crippen LogP contribution in [0.1, 0.15) is 21.5 Å². The van der Waals surface area contributed by atoms with E-state index >= 15 is 0 Å². The molecular formula is C16H13ClN2O4. The first-order valence-electron chi connectivity index (χ1n) is 6.96. The Bertz CT molecular complexity index is 846. The highest BCUT2D eigenvalue weighted by Crippen LogP contribution is 2.25. The minimum atomic E-state index is -1.11. The zero-order valence-corrected chi connectivity index (χ0v) is 12.7. The van der Waals surface area contributed by atoms with E-state index in [1.165, 1.54) is 17.2 Å². The normalized spacial score (nSPS) is 16.7. The van der Waals surface area contributed by atoms with Crippen molar-refractivity contribution in [1.29, 1.82) is 0 Å². The second kappa shape index (κ2) is 5.89. The summed E-state index contributed by atoms with van der Waals surface area (Å²) in [5.74, 6) is -1.75. The fraction of sp³-hybridized carbons (Fsp3) is 0.188. The number of nitrogens with zero attached hydrogens (tertiary/aromatic N) is 1. The Balaban J connectivity index is 2.03. The summed E-state index contributed by atoms with van der Waals surface area (Å²) in [6, 6.07) is 7.58. The number of carbonyl (C=O) groups excluding carboxylic acids is 1. The van der Waals surface area contributed by atoms with Gasteiger partial charge in [0.25, 0.3) is 11.5 Å². The number of benzene rings is 1. The van der Waals surface area contributed by atoms with Crippen LogP contribution in [0.3, 0.4) is 0 Å². The maximum absolute atomic E-state index is 12.7. The topological polar surface area (TPSA) is 90.5 Å². The van der Waals surface area contributed by atoms with Crippen molar-refractivity contribution in [2.75, 3.05) is 0 Å². The fourth-order valence-electron chi connectivity index (χ4n) is 2.73. The highest BCUT2D eigenvalue weighted by atomic mass is 35.5. The molecule has 0 saturated carbocycles. The van der Waals surface area contributed by atoms with Crippen molar-refractivity contribution in [3.63, 3.8) is 0 Å². The average Bonchev–Trinajstić information content (AvgIpc) is 2.55. The number of halogens is 1. The Labute approximate surface area is 136 Å². The smallest absolute Gasteiger partial charge is 0.326 e. The number of hydrogen-bond acceptors (Lipinski definition) is 3. The van der Waals surface area contributed by atoms with Gasteiger partial charge in [0.15, 0.2) is 0 Å². The lowest BCUT2D eigenvalue weighted by Crippen LogP contribution is -2.49. The first-order chi connectivity index (χ1) is 11.0. The van der Waals surface area contributed by atoms with Crippen molar-refractivity contribution in [3.05, 3.63) is 68.6 Å². The Morgan fingerprint density at radius 1 is 1.26 bits per heavy atom. The molecule has 1 amide bonds. The van der Waals surface area contributed by atoms with Crippen LogP contribution in [-0.2, 0) is 17.8 Å². The summed E-state index contributed by atoms with van der Waals surface area (Å²) in [5, 5.41) is 9.65. The number of carboxylic acid groups (broad SMARTS) is 1.